The Bertz CT molecular complexity index is 3800. The van der Waals surface area contributed by atoms with Gasteiger partial charge < -0.3 is 9.47 Å². The summed E-state index contributed by atoms with van der Waals surface area (Å²) in [5.41, 5.74) is 19.6. The predicted octanol–water partition coefficient (Wildman–Crippen LogP) is 16.5. The van der Waals surface area contributed by atoms with E-state index in [1.165, 1.54) is 98.0 Å². The zero-order valence-electron chi connectivity index (χ0n) is 36.1. The molecule has 1 aromatic heterocycles. The lowest BCUT2D eigenvalue weighted by atomic mass is 9.59. The third-order valence-electron chi connectivity index (χ3n) is 14.8. The van der Waals surface area contributed by atoms with Gasteiger partial charge in [-0.15, -0.1) is 0 Å². The van der Waals surface area contributed by atoms with Gasteiger partial charge in [0.05, 0.1) is 16.4 Å². The van der Waals surface area contributed by atoms with Crippen molar-refractivity contribution in [3.8, 4) is 27.9 Å². The van der Waals surface area contributed by atoms with Crippen molar-refractivity contribution in [1.82, 2.24) is 4.57 Å². The number of fused-ring (bicyclic) bond motifs is 14. The second-order valence-corrected chi connectivity index (χ2v) is 19.5. The number of para-hydroxylation sites is 2. The second-order valence-electron chi connectivity index (χ2n) is 18.4. The number of benzene rings is 10. The zero-order chi connectivity index (χ0) is 43.0. The number of nitrogens with zero attached hydrogens (tertiary/aromatic N) is 2. The molecule has 0 saturated heterocycles. The molecule has 2 aliphatic carbocycles. The molecule has 0 N–H and O–H groups in total. The van der Waals surface area contributed by atoms with Gasteiger partial charge in [0.25, 0.3) is 0 Å². The van der Waals surface area contributed by atoms with E-state index in [1.54, 1.807) is 0 Å². The molecule has 1 unspecified atom stereocenters. The van der Waals surface area contributed by atoms with Crippen molar-refractivity contribution in [2.24, 2.45) is 0 Å². The number of rotatable bonds is 4. The molecule has 0 fully saturated rings. The van der Waals surface area contributed by atoms with Crippen molar-refractivity contribution in [3.63, 3.8) is 0 Å². The molecule has 1 spiro atoms. The molecule has 2 nitrogen and oxygen atoms in total. The highest BCUT2D eigenvalue weighted by molar-refractivity contribution is 7.99. The third-order valence-corrected chi connectivity index (χ3v) is 16.0. The summed E-state index contributed by atoms with van der Waals surface area (Å²) >= 11 is 1.90. The van der Waals surface area contributed by atoms with E-state index in [-0.39, 0.29) is 5.41 Å². The Kier molecular flexibility index (Phi) is 7.63. The number of hydrogen-bond acceptors (Lipinski definition) is 2. The van der Waals surface area contributed by atoms with Gasteiger partial charge in [-0.2, -0.15) is 0 Å². The summed E-state index contributed by atoms with van der Waals surface area (Å²) in [6.45, 7) is 4.76. The minimum absolute atomic E-state index is 0.148. The number of anilines is 3. The summed E-state index contributed by atoms with van der Waals surface area (Å²) in [6, 6.07) is 82.1. The van der Waals surface area contributed by atoms with E-state index in [4.69, 9.17) is 0 Å². The first-order valence-corrected chi connectivity index (χ1v) is 23.5. The first kappa shape index (κ1) is 36.8. The molecule has 306 valence electrons. The normalized spacial score (nSPS) is 16.0. The molecular weight excluding hydrogens is 805 g/mol. The fraction of sp³-hybridized carbons (Fsp3) is 0.0645. The molecule has 1 aliphatic heterocycles. The summed E-state index contributed by atoms with van der Waals surface area (Å²) in [7, 11) is 0. The van der Waals surface area contributed by atoms with Crippen molar-refractivity contribution >= 4 is 61.4 Å². The van der Waals surface area contributed by atoms with Crippen LogP contribution >= 0.6 is 11.8 Å². The molecule has 1 atom stereocenters. The maximum atomic E-state index is 2.50. The van der Waals surface area contributed by atoms with Gasteiger partial charge in [0.1, 0.15) is 0 Å². The van der Waals surface area contributed by atoms with Crippen LogP contribution in [0.2, 0.25) is 0 Å². The molecule has 0 amide bonds. The highest BCUT2D eigenvalue weighted by atomic mass is 32.2. The SMILES string of the molecule is CC1(C)c2ccccc2-c2ccc(N(c3ccc4c(c3)Sc3ccccc3C43c4ccccc4-c4cccc5cccc3c45)c3ccc4c5ccccc5n(-c5ccccc5)c4c3)cc21. The number of aromatic nitrogens is 1. The van der Waals surface area contributed by atoms with Crippen molar-refractivity contribution < 1.29 is 0 Å². The van der Waals surface area contributed by atoms with Crippen LogP contribution in [-0.4, -0.2) is 4.57 Å². The fourth-order valence-electron chi connectivity index (χ4n) is 12.1. The van der Waals surface area contributed by atoms with Gasteiger partial charge in [0, 0.05) is 48.7 Å². The van der Waals surface area contributed by atoms with E-state index >= 15 is 0 Å². The van der Waals surface area contributed by atoms with E-state index in [1.807, 2.05) is 11.8 Å². The molecule has 0 bridgehead atoms. The van der Waals surface area contributed by atoms with Crippen molar-refractivity contribution in [1.29, 1.82) is 0 Å². The minimum Gasteiger partial charge on any atom is -0.310 e. The van der Waals surface area contributed by atoms with Gasteiger partial charge in [0.2, 0.25) is 0 Å². The first-order valence-electron chi connectivity index (χ1n) is 22.7. The average Bonchev–Trinajstić information content (AvgIpc) is 3.80. The zero-order valence-corrected chi connectivity index (χ0v) is 36.9. The Balaban J connectivity index is 1.04. The summed E-state index contributed by atoms with van der Waals surface area (Å²) in [6.07, 6.45) is 0. The highest BCUT2D eigenvalue weighted by Gasteiger charge is 2.48. The lowest BCUT2D eigenvalue weighted by Crippen LogP contribution is -2.36. The number of hydrogen-bond donors (Lipinski definition) is 0. The van der Waals surface area contributed by atoms with E-state index in [0.29, 0.717) is 0 Å². The maximum absolute atomic E-state index is 2.50. The van der Waals surface area contributed by atoms with Crippen LogP contribution in [0.25, 0.3) is 60.5 Å². The Labute approximate surface area is 383 Å². The summed E-state index contributed by atoms with van der Waals surface area (Å²) < 4.78 is 2.43. The summed E-state index contributed by atoms with van der Waals surface area (Å²) in [4.78, 5) is 5.07. The Morgan fingerprint density at radius 3 is 1.83 bits per heavy atom. The smallest absolute Gasteiger partial charge is 0.0735 e. The molecule has 2 heterocycles. The first-order chi connectivity index (χ1) is 32.0. The predicted molar refractivity (Wildman–Crippen MR) is 272 cm³/mol. The maximum Gasteiger partial charge on any atom is 0.0735 e. The van der Waals surface area contributed by atoms with Crippen LogP contribution in [0.15, 0.2) is 228 Å². The van der Waals surface area contributed by atoms with Crippen LogP contribution in [0.3, 0.4) is 0 Å². The fourth-order valence-corrected chi connectivity index (χ4v) is 13.3. The van der Waals surface area contributed by atoms with Crippen LogP contribution in [0.5, 0.6) is 0 Å². The molecule has 14 rings (SSSR count). The topological polar surface area (TPSA) is 8.17 Å². The summed E-state index contributed by atoms with van der Waals surface area (Å²) in [5.74, 6) is 0. The van der Waals surface area contributed by atoms with Crippen molar-refractivity contribution in [2.75, 3.05) is 4.90 Å². The minimum atomic E-state index is -0.510. The van der Waals surface area contributed by atoms with Gasteiger partial charge in [-0.3, -0.25) is 0 Å². The average molecular weight is 847 g/mol. The molecule has 11 aromatic rings. The van der Waals surface area contributed by atoms with Crippen molar-refractivity contribution in [2.45, 2.75) is 34.5 Å². The van der Waals surface area contributed by atoms with Gasteiger partial charge >= 0.3 is 0 Å². The van der Waals surface area contributed by atoms with E-state index in [0.717, 1.165) is 22.7 Å². The molecule has 0 saturated carbocycles. The van der Waals surface area contributed by atoms with Crippen LogP contribution < -0.4 is 4.90 Å². The summed E-state index contributed by atoms with van der Waals surface area (Å²) in [5, 5.41) is 5.11. The quantitative estimate of drug-likeness (QED) is 0.174. The highest BCUT2D eigenvalue weighted by Crippen LogP contribution is 2.62. The Morgan fingerprint density at radius 1 is 0.385 bits per heavy atom. The van der Waals surface area contributed by atoms with Gasteiger partial charge in [0.15, 0.2) is 0 Å². The molecule has 0 radical (unpaired) electrons. The second kappa shape index (κ2) is 13.5. The Hall–Kier alpha value is -7.59. The van der Waals surface area contributed by atoms with Gasteiger partial charge in [-0.1, -0.05) is 183 Å². The van der Waals surface area contributed by atoms with E-state index in [2.05, 4.69) is 242 Å². The van der Waals surface area contributed by atoms with Crippen LogP contribution in [0.4, 0.5) is 17.1 Å². The van der Waals surface area contributed by atoms with Gasteiger partial charge in [-0.05, 0) is 127 Å². The largest absolute Gasteiger partial charge is 0.310 e. The monoisotopic (exact) mass is 846 g/mol. The lowest BCUT2D eigenvalue weighted by molar-refractivity contribution is 0.660. The molecule has 10 aromatic carbocycles. The molecule has 3 aliphatic rings. The van der Waals surface area contributed by atoms with E-state index < -0.39 is 5.41 Å². The van der Waals surface area contributed by atoms with Crippen LogP contribution in [-0.2, 0) is 10.8 Å². The van der Waals surface area contributed by atoms with Crippen LogP contribution in [0.1, 0.15) is 47.2 Å². The molecule has 3 heteroatoms. The third kappa shape index (κ3) is 4.96. The van der Waals surface area contributed by atoms with Gasteiger partial charge in [-0.25, -0.2) is 0 Å². The lowest BCUT2D eigenvalue weighted by Gasteiger charge is -2.46. The standard InChI is InChI=1S/C62H42N2S/c1-61(2)50-24-9-6-20-44(50)46-33-30-41(36-55(46)61)63(42-31-34-48-47-22-8-12-28-56(47)64(57(48)37-42)40-18-4-3-5-19-40)43-32-35-53-59(38-43)65-58-29-13-11-26-52(58)62(53)51-25-10-7-21-45(51)49-23-14-16-39-17-15-27-54(62)60(39)49/h3-38H,1-2H3. The molecular formula is C62H42N2S. The van der Waals surface area contributed by atoms with E-state index in [9.17, 15) is 0 Å². The Morgan fingerprint density at radius 2 is 0.969 bits per heavy atom. The van der Waals surface area contributed by atoms with Crippen molar-refractivity contribution in [3.05, 3.63) is 252 Å². The van der Waals surface area contributed by atoms with Crippen LogP contribution in [0, 0.1) is 0 Å². The molecule has 65 heavy (non-hydrogen) atoms.